The Morgan fingerprint density at radius 1 is 1.47 bits per heavy atom. The van der Waals surface area contributed by atoms with Crippen molar-refractivity contribution in [2.24, 2.45) is 0 Å². The second-order valence-corrected chi connectivity index (χ2v) is 5.68. The summed E-state index contributed by atoms with van der Waals surface area (Å²) in [6, 6.07) is 1.21. The summed E-state index contributed by atoms with van der Waals surface area (Å²) in [6.45, 7) is 0.515. The standard InChI is InChI=1S/C10H12N2O6S/c13-9-6(2-1-5-11-9)12-19(16,17)8-4-3-7(18-8)10(14)15/h3-4,6,12H,1-2,5H2,(H,11,13)(H,14,15). The number of sulfonamides is 1. The fraction of sp³-hybridized carbons (Fsp3) is 0.400. The third kappa shape index (κ3) is 2.93. The minimum absolute atomic E-state index is 0.386. The Morgan fingerprint density at radius 3 is 2.79 bits per heavy atom. The van der Waals surface area contributed by atoms with Crippen molar-refractivity contribution < 1.29 is 27.5 Å². The van der Waals surface area contributed by atoms with E-state index < -0.39 is 38.8 Å². The van der Waals surface area contributed by atoms with Gasteiger partial charge < -0.3 is 14.8 Å². The molecule has 0 aromatic carbocycles. The molecule has 2 rings (SSSR count). The van der Waals surface area contributed by atoms with Crippen LogP contribution in [0.1, 0.15) is 23.4 Å². The van der Waals surface area contributed by atoms with Crippen LogP contribution in [-0.2, 0) is 14.8 Å². The van der Waals surface area contributed by atoms with E-state index in [1.165, 1.54) is 0 Å². The molecule has 0 aliphatic carbocycles. The van der Waals surface area contributed by atoms with Crippen LogP contribution >= 0.6 is 0 Å². The fourth-order valence-corrected chi connectivity index (χ4v) is 2.87. The van der Waals surface area contributed by atoms with Gasteiger partial charge in [-0.1, -0.05) is 0 Å². The molecule has 0 bridgehead atoms. The minimum Gasteiger partial charge on any atom is -0.475 e. The van der Waals surface area contributed by atoms with Crippen LogP contribution < -0.4 is 10.0 Å². The van der Waals surface area contributed by atoms with Gasteiger partial charge in [0.15, 0.2) is 0 Å². The first-order valence-corrected chi connectivity index (χ1v) is 7.01. The topological polar surface area (TPSA) is 126 Å². The molecule has 3 N–H and O–H groups in total. The number of rotatable bonds is 4. The monoisotopic (exact) mass is 288 g/mol. The molecule has 1 saturated heterocycles. The summed E-state index contributed by atoms with van der Waals surface area (Å²) >= 11 is 0. The largest absolute Gasteiger partial charge is 0.475 e. The number of hydrogen-bond acceptors (Lipinski definition) is 5. The summed E-state index contributed by atoms with van der Waals surface area (Å²) in [6.07, 6.45) is 1.05. The van der Waals surface area contributed by atoms with Crippen molar-refractivity contribution in [2.45, 2.75) is 24.0 Å². The molecule has 1 aromatic rings. The molecular formula is C10H12N2O6S. The van der Waals surface area contributed by atoms with E-state index in [9.17, 15) is 18.0 Å². The predicted octanol–water partition coefficient (Wildman–Crippen LogP) is -0.465. The molecule has 0 saturated carbocycles. The molecule has 0 radical (unpaired) electrons. The molecule has 19 heavy (non-hydrogen) atoms. The van der Waals surface area contributed by atoms with Gasteiger partial charge >= 0.3 is 5.97 Å². The molecule has 1 fully saturated rings. The Labute approximate surface area is 108 Å². The van der Waals surface area contributed by atoms with Crippen LogP contribution in [0.4, 0.5) is 0 Å². The Hall–Kier alpha value is -1.87. The molecule has 2 heterocycles. The number of piperidine rings is 1. The number of amides is 1. The van der Waals surface area contributed by atoms with Crippen LogP contribution in [-0.4, -0.2) is 38.0 Å². The van der Waals surface area contributed by atoms with Crippen LogP contribution in [0.3, 0.4) is 0 Å². The maximum Gasteiger partial charge on any atom is 0.371 e. The number of carboxylic acid groups (broad SMARTS) is 1. The van der Waals surface area contributed by atoms with Gasteiger partial charge in [0.25, 0.3) is 10.0 Å². The number of furan rings is 1. The van der Waals surface area contributed by atoms with Gasteiger partial charge in [0.2, 0.25) is 16.8 Å². The highest BCUT2D eigenvalue weighted by Crippen LogP contribution is 2.15. The third-order valence-electron chi connectivity index (χ3n) is 2.64. The second-order valence-electron chi connectivity index (χ2n) is 4.03. The fourth-order valence-electron chi connectivity index (χ4n) is 1.71. The predicted molar refractivity (Wildman–Crippen MR) is 62.0 cm³/mol. The van der Waals surface area contributed by atoms with Crippen molar-refractivity contribution in [3.05, 3.63) is 17.9 Å². The maximum atomic E-state index is 11.9. The van der Waals surface area contributed by atoms with E-state index in [0.717, 1.165) is 12.1 Å². The Kier molecular flexibility index (Phi) is 3.58. The molecule has 0 spiro atoms. The molecule has 104 valence electrons. The van der Waals surface area contributed by atoms with Gasteiger partial charge in [0, 0.05) is 6.54 Å². The first-order chi connectivity index (χ1) is 8.90. The smallest absolute Gasteiger partial charge is 0.371 e. The molecule has 8 nitrogen and oxygen atoms in total. The van der Waals surface area contributed by atoms with Crippen molar-refractivity contribution in [3.63, 3.8) is 0 Å². The molecule has 1 unspecified atom stereocenters. The van der Waals surface area contributed by atoms with Gasteiger partial charge in [0.1, 0.15) is 6.04 Å². The van der Waals surface area contributed by atoms with E-state index in [2.05, 4.69) is 10.0 Å². The second kappa shape index (κ2) is 5.02. The van der Waals surface area contributed by atoms with E-state index in [1.807, 2.05) is 0 Å². The van der Waals surface area contributed by atoms with Crippen LogP contribution in [0.2, 0.25) is 0 Å². The van der Waals surface area contributed by atoms with Crippen LogP contribution in [0.5, 0.6) is 0 Å². The quantitative estimate of drug-likeness (QED) is 0.688. The highest BCUT2D eigenvalue weighted by atomic mass is 32.2. The summed E-state index contributed by atoms with van der Waals surface area (Å²) in [5, 5.41) is 10.7. The van der Waals surface area contributed by atoms with E-state index in [0.29, 0.717) is 19.4 Å². The molecule has 1 atom stereocenters. The average Bonchev–Trinajstić information content (AvgIpc) is 2.82. The number of nitrogens with one attached hydrogen (secondary N) is 2. The van der Waals surface area contributed by atoms with Crippen molar-refractivity contribution in [1.29, 1.82) is 0 Å². The Bertz CT molecular complexity index is 605. The van der Waals surface area contributed by atoms with Crippen molar-refractivity contribution in [3.8, 4) is 0 Å². The lowest BCUT2D eigenvalue weighted by atomic mass is 10.1. The number of carbonyl (C=O) groups excluding carboxylic acids is 1. The third-order valence-corrected chi connectivity index (χ3v) is 3.98. The highest BCUT2D eigenvalue weighted by Gasteiger charge is 2.29. The van der Waals surface area contributed by atoms with Crippen molar-refractivity contribution in [2.75, 3.05) is 6.54 Å². The van der Waals surface area contributed by atoms with E-state index in [1.54, 1.807) is 0 Å². The SMILES string of the molecule is O=C(O)c1ccc(S(=O)(=O)NC2CCCNC2=O)o1. The summed E-state index contributed by atoms with van der Waals surface area (Å²) in [5.41, 5.74) is 0. The highest BCUT2D eigenvalue weighted by molar-refractivity contribution is 7.89. The zero-order chi connectivity index (χ0) is 14.0. The Balaban J connectivity index is 2.17. The van der Waals surface area contributed by atoms with E-state index in [4.69, 9.17) is 9.52 Å². The van der Waals surface area contributed by atoms with Gasteiger partial charge in [-0.05, 0) is 25.0 Å². The van der Waals surface area contributed by atoms with Gasteiger partial charge in [-0.15, -0.1) is 0 Å². The average molecular weight is 288 g/mol. The first-order valence-electron chi connectivity index (χ1n) is 5.53. The van der Waals surface area contributed by atoms with Crippen LogP contribution in [0, 0.1) is 0 Å². The van der Waals surface area contributed by atoms with Gasteiger partial charge in [-0.3, -0.25) is 4.79 Å². The van der Waals surface area contributed by atoms with Crippen LogP contribution in [0.25, 0.3) is 0 Å². The zero-order valence-corrected chi connectivity index (χ0v) is 10.6. The van der Waals surface area contributed by atoms with Gasteiger partial charge in [-0.2, -0.15) is 4.72 Å². The zero-order valence-electron chi connectivity index (χ0n) is 9.75. The van der Waals surface area contributed by atoms with E-state index >= 15 is 0 Å². The lowest BCUT2D eigenvalue weighted by Crippen LogP contribution is -2.50. The minimum atomic E-state index is -4.05. The molecule has 1 aliphatic heterocycles. The Morgan fingerprint density at radius 2 is 2.21 bits per heavy atom. The normalized spacial score (nSPS) is 20.0. The van der Waals surface area contributed by atoms with Crippen molar-refractivity contribution in [1.82, 2.24) is 10.0 Å². The number of hydrogen-bond donors (Lipinski definition) is 3. The maximum absolute atomic E-state index is 11.9. The summed E-state index contributed by atoms with van der Waals surface area (Å²) in [7, 11) is -4.05. The summed E-state index contributed by atoms with van der Waals surface area (Å²) in [4.78, 5) is 22.1. The lowest BCUT2D eigenvalue weighted by molar-refractivity contribution is -0.124. The molecule has 1 aliphatic rings. The summed E-state index contributed by atoms with van der Waals surface area (Å²) < 4.78 is 30.7. The van der Waals surface area contributed by atoms with E-state index in [-0.39, 0.29) is 0 Å². The van der Waals surface area contributed by atoms with Gasteiger partial charge in [0.05, 0.1) is 0 Å². The molecule has 9 heteroatoms. The molecule has 1 aromatic heterocycles. The van der Waals surface area contributed by atoms with Gasteiger partial charge in [-0.25, -0.2) is 13.2 Å². The molecule has 1 amide bonds. The number of carbonyl (C=O) groups is 2. The van der Waals surface area contributed by atoms with Crippen LogP contribution in [0.15, 0.2) is 21.6 Å². The number of carboxylic acids is 1. The molecular weight excluding hydrogens is 276 g/mol. The van der Waals surface area contributed by atoms with Crippen molar-refractivity contribution >= 4 is 21.9 Å². The lowest BCUT2D eigenvalue weighted by Gasteiger charge is -2.21. The first kappa shape index (κ1) is 13.6. The summed E-state index contributed by atoms with van der Waals surface area (Å²) in [5.74, 6) is -2.25. The number of aromatic carboxylic acids is 1.